The van der Waals surface area contributed by atoms with Gasteiger partial charge in [0.15, 0.2) is 0 Å². The molecule has 0 saturated carbocycles. The molecule has 460 valence electrons. The summed E-state index contributed by atoms with van der Waals surface area (Å²) in [5.41, 5.74) is 18.1. The third-order valence-electron chi connectivity index (χ3n) is 12.4. The molecule has 8 amide bonds. The van der Waals surface area contributed by atoms with E-state index in [0.717, 1.165) is 0 Å². The summed E-state index contributed by atoms with van der Waals surface area (Å²) in [4.78, 5) is 169. The number of benzene rings is 1. The minimum atomic E-state index is -1.94. The van der Waals surface area contributed by atoms with Crippen molar-refractivity contribution in [2.75, 3.05) is 13.1 Å². The van der Waals surface area contributed by atoms with Gasteiger partial charge in [-0.3, -0.25) is 57.5 Å². The van der Waals surface area contributed by atoms with Gasteiger partial charge in [0.1, 0.15) is 54.1 Å². The van der Waals surface area contributed by atoms with E-state index in [4.69, 9.17) is 22.3 Å². The Morgan fingerprint density at radius 3 is 1.05 bits per heavy atom. The predicted octanol–water partition coefficient (Wildman–Crippen LogP) is -2.36. The Balaban J connectivity index is 3.53. The van der Waals surface area contributed by atoms with Crippen LogP contribution in [0.3, 0.4) is 0 Å². The zero-order chi connectivity index (χ0) is 62.2. The summed E-state index contributed by atoms with van der Waals surface area (Å²) in [5, 5.41) is 76.1. The molecule has 0 aliphatic carbocycles. The van der Waals surface area contributed by atoms with Crippen molar-refractivity contribution in [3.8, 4) is 5.75 Å². The van der Waals surface area contributed by atoms with E-state index in [9.17, 15) is 87.9 Å². The van der Waals surface area contributed by atoms with Crippen LogP contribution in [0.1, 0.15) is 130 Å². The number of phenolic OH excluding ortho intramolecular Hbond substituents is 1. The molecule has 0 aliphatic rings. The number of hydrogen-bond acceptors (Lipinski definition) is 17. The lowest BCUT2D eigenvalue weighted by Crippen LogP contribution is -2.60. The lowest BCUT2D eigenvalue weighted by molar-refractivity contribution is -0.144. The van der Waals surface area contributed by atoms with Gasteiger partial charge in [0.2, 0.25) is 47.3 Å². The van der Waals surface area contributed by atoms with Gasteiger partial charge < -0.3 is 90.4 Å². The lowest BCUT2D eigenvalue weighted by atomic mass is 10.00. The Hall–Kier alpha value is -7.99. The first-order chi connectivity index (χ1) is 38.5. The second kappa shape index (κ2) is 37.9. The summed E-state index contributed by atoms with van der Waals surface area (Å²) in [7, 11) is 0. The summed E-state index contributed by atoms with van der Waals surface area (Å²) in [5.74, 6) is -16.3. The average molecular weight is 1170 g/mol. The summed E-state index contributed by atoms with van der Waals surface area (Å²) in [6, 6.07) is -8.28. The van der Waals surface area contributed by atoms with Crippen molar-refractivity contribution in [1.29, 1.82) is 0 Å². The standard InChI is InChI=1S/C52H83N11O19/c1-27(2)23-37(61-45(74)32(9-5-7-21-53)57-47(76)34(15-18-40(65)66)56-44(73)31(55)25-29-11-13-30(64)14-12-29)49(78)58-33(10-6-8-22-54)46(75)63-39(26-43(71)72)51(80)62-38(24-28(3)4)50(79)59-35(16-19-41(67)68)48(77)60-36(52(81)82)17-20-42(69)70/h11-14,27-28,31-39,64H,5-10,15-26,53-55H2,1-4H3,(H,56,73)(H,57,76)(H,58,78)(H,59,79)(H,60,77)(H,61,74)(H,62,80)(H,63,75)(H,65,66)(H,67,68)(H,69,70)(H,71,72)(H,81,82)/t31-,32-,33-,34-,35-,36-,37-,38-,39-/m0/s1. The van der Waals surface area contributed by atoms with Gasteiger partial charge in [-0.15, -0.1) is 0 Å². The highest BCUT2D eigenvalue weighted by Crippen LogP contribution is 2.15. The van der Waals surface area contributed by atoms with E-state index in [2.05, 4.69) is 42.5 Å². The van der Waals surface area contributed by atoms with Gasteiger partial charge >= 0.3 is 29.8 Å². The van der Waals surface area contributed by atoms with Gasteiger partial charge in [0, 0.05) is 19.3 Å². The highest BCUT2D eigenvalue weighted by atomic mass is 16.4. The van der Waals surface area contributed by atoms with E-state index < -0.39 is 182 Å². The molecule has 1 aromatic rings. The number of amides is 8. The van der Waals surface area contributed by atoms with E-state index >= 15 is 0 Å². The number of hydrogen-bond donors (Lipinski definition) is 17. The molecule has 9 atom stereocenters. The van der Waals surface area contributed by atoms with Crippen LogP contribution in [0.15, 0.2) is 24.3 Å². The number of carboxylic acids is 5. The molecule has 1 rings (SSSR count). The van der Waals surface area contributed by atoms with Crippen molar-refractivity contribution in [2.45, 2.75) is 185 Å². The molecule has 0 bridgehead atoms. The van der Waals surface area contributed by atoms with Crippen molar-refractivity contribution < 1.29 is 93.0 Å². The number of phenols is 1. The number of rotatable bonds is 42. The molecule has 30 nitrogen and oxygen atoms in total. The third kappa shape index (κ3) is 29.5. The summed E-state index contributed by atoms with van der Waals surface area (Å²) < 4.78 is 0. The maximum Gasteiger partial charge on any atom is 0.326 e. The average Bonchev–Trinajstić information content (AvgIpc) is 3.38. The van der Waals surface area contributed by atoms with E-state index in [1.54, 1.807) is 27.7 Å². The SMILES string of the molecule is CC(C)C[C@H](NC(=O)[C@H](CC(=O)O)NC(=O)[C@H](CCCCN)NC(=O)[C@H](CC(C)C)NC(=O)[C@H](CCCCN)NC(=O)[C@H](CCC(=O)O)NC(=O)[C@@H](N)Cc1ccc(O)cc1)C(=O)N[C@@H](CCC(=O)O)C(=O)N[C@@H](CCC(=O)O)C(=O)O. The number of carbonyl (C=O) groups is 13. The van der Waals surface area contributed by atoms with Crippen LogP contribution in [0.4, 0.5) is 0 Å². The lowest BCUT2D eigenvalue weighted by Gasteiger charge is -2.28. The first-order valence-corrected chi connectivity index (χ1v) is 26.9. The van der Waals surface area contributed by atoms with Crippen LogP contribution in [0, 0.1) is 11.8 Å². The highest BCUT2D eigenvalue weighted by Gasteiger charge is 2.36. The van der Waals surface area contributed by atoms with Gasteiger partial charge in [0.25, 0.3) is 0 Å². The van der Waals surface area contributed by atoms with Crippen LogP contribution in [-0.4, -0.2) is 175 Å². The Labute approximate surface area is 474 Å². The maximum atomic E-state index is 14.3. The Bertz CT molecular complexity index is 2340. The molecule has 0 unspecified atom stereocenters. The second-order valence-corrected chi connectivity index (χ2v) is 20.5. The Kier molecular flexibility index (Phi) is 33.2. The molecule has 0 spiro atoms. The molecule has 30 heteroatoms. The molecule has 0 radical (unpaired) electrons. The zero-order valence-corrected chi connectivity index (χ0v) is 46.6. The van der Waals surface area contributed by atoms with E-state index in [1.165, 1.54) is 24.3 Å². The number of aromatic hydroxyl groups is 1. The quantitative estimate of drug-likeness (QED) is 0.0305. The van der Waals surface area contributed by atoms with Crippen molar-refractivity contribution >= 4 is 77.1 Å². The second-order valence-electron chi connectivity index (χ2n) is 20.5. The van der Waals surface area contributed by atoms with E-state index in [1.807, 2.05) is 0 Å². The predicted molar refractivity (Wildman–Crippen MR) is 290 cm³/mol. The first-order valence-electron chi connectivity index (χ1n) is 26.9. The van der Waals surface area contributed by atoms with Crippen molar-refractivity contribution in [3.63, 3.8) is 0 Å². The number of aliphatic carboxylic acids is 5. The molecule has 0 saturated heterocycles. The largest absolute Gasteiger partial charge is 0.508 e. The molecule has 0 heterocycles. The van der Waals surface area contributed by atoms with Gasteiger partial charge in [-0.05, 0) is 120 Å². The number of carbonyl (C=O) groups excluding carboxylic acids is 8. The molecular formula is C52H83N11O19. The van der Waals surface area contributed by atoms with E-state index in [0.29, 0.717) is 18.4 Å². The first kappa shape index (κ1) is 72.0. The van der Waals surface area contributed by atoms with Crippen LogP contribution in [0.5, 0.6) is 5.75 Å². The maximum absolute atomic E-state index is 14.3. The molecule has 0 aromatic heterocycles. The van der Waals surface area contributed by atoms with Crippen molar-refractivity contribution in [1.82, 2.24) is 42.5 Å². The molecule has 20 N–H and O–H groups in total. The Morgan fingerprint density at radius 1 is 0.402 bits per heavy atom. The number of nitrogens with one attached hydrogen (secondary N) is 8. The molecule has 0 fully saturated rings. The minimum absolute atomic E-state index is 0.0250. The van der Waals surface area contributed by atoms with Gasteiger partial charge in [-0.2, -0.15) is 0 Å². The zero-order valence-electron chi connectivity index (χ0n) is 46.6. The van der Waals surface area contributed by atoms with Crippen LogP contribution >= 0.6 is 0 Å². The van der Waals surface area contributed by atoms with Gasteiger partial charge in [-0.25, -0.2) is 4.79 Å². The summed E-state index contributed by atoms with van der Waals surface area (Å²) in [6.45, 7) is 7.03. The molecular weight excluding hydrogens is 1080 g/mol. The Morgan fingerprint density at radius 2 is 0.707 bits per heavy atom. The highest BCUT2D eigenvalue weighted by molar-refractivity contribution is 5.99. The van der Waals surface area contributed by atoms with Gasteiger partial charge in [-0.1, -0.05) is 39.8 Å². The van der Waals surface area contributed by atoms with Crippen molar-refractivity contribution in [2.24, 2.45) is 29.0 Å². The van der Waals surface area contributed by atoms with E-state index in [-0.39, 0.29) is 69.7 Å². The topological polar surface area (TPSA) is 518 Å². The number of carboxylic acid groups (broad SMARTS) is 5. The van der Waals surface area contributed by atoms with Crippen molar-refractivity contribution in [3.05, 3.63) is 29.8 Å². The fourth-order valence-electron chi connectivity index (χ4n) is 8.08. The fraction of sp³-hybridized carbons (Fsp3) is 0.635. The molecule has 82 heavy (non-hydrogen) atoms. The van der Waals surface area contributed by atoms with Crippen LogP contribution in [-0.2, 0) is 68.7 Å². The van der Waals surface area contributed by atoms with Crippen LogP contribution < -0.4 is 59.7 Å². The van der Waals surface area contributed by atoms with Crippen LogP contribution in [0.2, 0.25) is 0 Å². The summed E-state index contributed by atoms with van der Waals surface area (Å²) in [6.07, 6.45) is -3.92. The summed E-state index contributed by atoms with van der Waals surface area (Å²) >= 11 is 0. The molecule has 1 aromatic carbocycles. The fourth-order valence-corrected chi connectivity index (χ4v) is 8.08. The minimum Gasteiger partial charge on any atom is -0.508 e. The monoisotopic (exact) mass is 1170 g/mol. The third-order valence-corrected chi connectivity index (χ3v) is 12.4. The van der Waals surface area contributed by atoms with Gasteiger partial charge in [0.05, 0.1) is 12.5 Å². The van der Waals surface area contributed by atoms with Crippen LogP contribution in [0.25, 0.3) is 0 Å². The molecule has 0 aliphatic heterocycles. The normalized spacial score (nSPS) is 14.4. The number of unbranched alkanes of at least 4 members (excludes halogenated alkanes) is 2. The number of nitrogens with two attached hydrogens (primary N) is 3. The smallest absolute Gasteiger partial charge is 0.326 e.